The average Bonchev–Trinajstić information content (AvgIpc) is 2.28. The van der Waals surface area contributed by atoms with Gasteiger partial charge in [0.25, 0.3) is 0 Å². The van der Waals surface area contributed by atoms with Crippen molar-refractivity contribution in [2.45, 2.75) is 0 Å². The summed E-state index contributed by atoms with van der Waals surface area (Å²) in [5, 5.41) is 0. The molecule has 2 aromatic rings. The number of nitrogens with two attached hydrogens (primary N) is 1. The first-order chi connectivity index (χ1) is 7.34. The fourth-order valence-corrected chi connectivity index (χ4v) is 1.32. The highest BCUT2D eigenvalue weighted by Crippen LogP contribution is 2.09. The lowest BCUT2D eigenvalue weighted by Gasteiger charge is -1.95. The average molecular weight is 196 g/mol. The quantitative estimate of drug-likeness (QED) is 0.750. The van der Waals surface area contributed by atoms with Crippen LogP contribution in [0.1, 0.15) is 11.3 Å². The van der Waals surface area contributed by atoms with E-state index >= 15 is 0 Å². The minimum atomic E-state index is 0.776. The van der Waals surface area contributed by atoms with Crippen LogP contribution in [-0.4, -0.2) is 4.98 Å². The smallest absolute Gasteiger partial charge is 0.0629 e. The molecule has 0 fully saturated rings. The van der Waals surface area contributed by atoms with Gasteiger partial charge in [-0.05, 0) is 35.9 Å². The molecule has 2 rings (SSSR count). The maximum atomic E-state index is 5.68. The number of nitrogen functional groups attached to an aromatic ring is 1. The Hall–Kier alpha value is -2.09. The van der Waals surface area contributed by atoms with Crippen molar-refractivity contribution in [3.05, 3.63) is 59.9 Å². The minimum Gasteiger partial charge on any atom is -0.399 e. The summed E-state index contributed by atoms with van der Waals surface area (Å²) in [6, 6.07) is 13.6. The molecule has 0 aliphatic heterocycles. The monoisotopic (exact) mass is 196 g/mol. The molecule has 0 aliphatic carbocycles. The third-order valence-electron chi connectivity index (χ3n) is 2.04. The molecular weight excluding hydrogens is 184 g/mol. The van der Waals surface area contributed by atoms with Crippen molar-refractivity contribution in [3.8, 4) is 0 Å². The number of hydrogen-bond acceptors (Lipinski definition) is 2. The molecule has 0 saturated carbocycles. The van der Waals surface area contributed by atoms with Gasteiger partial charge >= 0.3 is 0 Å². The Kier molecular flexibility index (Phi) is 2.79. The third kappa shape index (κ3) is 2.68. The van der Waals surface area contributed by atoms with E-state index in [9.17, 15) is 0 Å². The third-order valence-corrected chi connectivity index (χ3v) is 2.04. The molecule has 1 aromatic heterocycles. The van der Waals surface area contributed by atoms with E-state index in [2.05, 4.69) is 4.98 Å². The largest absolute Gasteiger partial charge is 0.399 e. The fraction of sp³-hybridized carbons (Fsp3) is 0. The van der Waals surface area contributed by atoms with Crippen LogP contribution in [0.25, 0.3) is 12.2 Å². The van der Waals surface area contributed by atoms with E-state index < -0.39 is 0 Å². The van der Waals surface area contributed by atoms with Crippen LogP contribution >= 0.6 is 0 Å². The molecule has 0 radical (unpaired) electrons. The molecule has 0 atom stereocenters. The Labute approximate surface area is 89.1 Å². The van der Waals surface area contributed by atoms with E-state index in [0.29, 0.717) is 0 Å². The van der Waals surface area contributed by atoms with Crippen molar-refractivity contribution in [2.75, 3.05) is 5.73 Å². The van der Waals surface area contributed by atoms with Crippen LogP contribution in [0.15, 0.2) is 48.7 Å². The number of rotatable bonds is 2. The van der Waals surface area contributed by atoms with Crippen LogP contribution in [0.4, 0.5) is 5.69 Å². The summed E-state index contributed by atoms with van der Waals surface area (Å²) < 4.78 is 0. The first kappa shape index (κ1) is 9.46. The molecule has 2 heteroatoms. The predicted molar refractivity (Wildman–Crippen MR) is 64.0 cm³/mol. The van der Waals surface area contributed by atoms with Crippen molar-refractivity contribution in [1.29, 1.82) is 0 Å². The Balaban J connectivity index is 2.19. The Morgan fingerprint density at radius 3 is 2.67 bits per heavy atom. The maximum Gasteiger partial charge on any atom is 0.0629 e. The normalized spacial score (nSPS) is 10.7. The van der Waals surface area contributed by atoms with Crippen molar-refractivity contribution < 1.29 is 0 Å². The van der Waals surface area contributed by atoms with Crippen molar-refractivity contribution in [2.24, 2.45) is 0 Å². The van der Waals surface area contributed by atoms with Crippen LogP contribution in [0.5, 0.6) is 0 Å². The van der Waals surface area contributed by atoms with Gasteiger partial charge in [0, 0.05) is 11.9 Å². The van der Waals surface area contributed by atoms with Gasteiger partial charge in [-0.2, -0.15) is 0 Å². The van der Waals surface area contributed by atoms with E-state index in [1.807, 2.05) is 54.6 Å². The van der Waals surface area contributed by atoms with Gasteiger partial charge in [0.05, 0.1) is 5.69 Å². The van der Waals surface area contributed by atoms with Gasteiger partial charge < -0.3 is 5.73 Å². The molecular formula is C13H12N2. The number of anilines is 1. The number of aromatic nitrogens is 1. The molecule has 0 unspecified atom stereocenters. The SMILES string of the molecule is Nc1cccc(/C=C\c2ccccn2)c1. The van der Waals surface area contributed by atoms with Crippen LogP contribution < -0.4 is 5.73 Å². The van der Waals surface area contributed by atoms with Gasteiger partial charge in [-0.1, -0.05) is 24.3 Å². The Morgan fingerprint density at radius 2 is 1.93 bits per heavy atom. The first-order valence-corrected chi connectivity index (χ1v) is 4.79. The summed E-state index contributed by atoms with van der Waals surface area (Å²) in [7, 11) is 0. The highest BCUT2D eigenvalue weighted by atomic mass is 14.6. The molecule has 0 amide bonds. The molecule has 0 aliphatic rings. The zero-order valence-electron chi connectivity index (χ0n) is 8.30. The lowest BCUT2D eigenvalue weighted by Crippen LogP contribution is -1.83. The van der Waals surface area contributed by atoms with Crippen molar-refractivity contribution in [1.82, 2.24) is 4.98 Å². The zero-order valence-corrected chi connectivity index (χ0v) is 8.30. The van der Waals surface area contributed by atoms with E-state index in [1.54, 1.807) is 6.20 Å². The highest BCUT2D eigenvalue weighted by Gasteiger charge is 1.88. The van der Waals surface area contributed by atoms with Crippen molar-refractivity contribution in [3.63, 3.8) is 0 Å². The topological polar surface area (TPSA) is 38.9 Å². The molecule has 2 nitrogen and oxygen atoms in total. The summed E-state index contributed by atoms with van der Waals surface area (Å²) >= 11 is 0. The van der Waals surface area contributed by atoms with E-state index in [4.69, 9.17) is 5.73 Å². The molecule has 0 saturated heterocycles. The highest BCUT2D eigenvalue weighted by molar-refractivity contribution is 5.69. The molecule has 0 spiro atoms. The summed E-state index contributed by atoms with van der Waals surface area (Å²) in [5.74, 6) is 0. The van der Waals surface area contributed by atoms with Gasteiger partial charge in [-0.25, -0.2) is 0 Å². The van der Waals surface area contributed by atoms with E-state index in [0.717, 1.165) is 16.9 Å². The van der Waals surface area contributed by atoms with Gasteiger partial charge in [0.2, 0.25) is 0 Å². The lowest BCUT2D eigenvalue weighted by molar-refractivity contribution is 1.30. The van der Waals surface area contributed by atoms with Gasteiger partial charge in [0.15, 0.2) is 0 Å². The second-order valence-corrected chi connectivity index (χ2v) is 3.26. The zero-order chi connectivity index (χ0) is 10.5. The Morgan fingerprint density at radius 1 is 1.00 bits per heavy atom. The number of pyridine rings is 1. The van der Waals surface area contributed by atoms with Crippen LogP contribution in [-0.2, 0) is 0 Å². The molecule has 1 aromatic carbocycles. The minimum absolute atomic E-state index is 0.776. The van der Waals surface area contributed by atoms with Crippen LogP contribution in [0.2, 0.25) is 0 Å². The number of nitrogens with zero attached hydrogens (tertiary/aromatic N) is 1. The summed E-state index contributed by atoms with van der Waals surface area (Å²) in [5.41, 5.74) is 8.48. The molecule has 74 valence electrons. The molecule has 0 bridgehead atoms. The predicted octanol–water partition coefficient (Wildman–Crippen LogP) is 2.83. The lowest BCUT2D eigenvalue weighted by atomic mass is 10.2. The summed E-state index contributed by atoms with van der Waals surface area (Å²) in [6.45, 7) is 0. The van der Waals surface area contributed by atoms with E-state index in [1.165, 1.54) is 0 Å². The second-order valence-electron chi connectivity index (χ2n) is 3.26. The van der Waals surface area contributed by atoms with Gasteiger partial charge in [0.1, 0.15) is 0 Å². The fourth-order valence-electron chi connectivity index (χ4n) is 1.32. The molecule has 1 heterocycles. The summed E-state index contributed by atoms with van der Waals surface area (Å²) in [4.78, 5) is 4.20. The molecule has 2 N–H and O–H groups in total. The number of hydrogen-bond donors (Lipinski definition) is 1. The molecule has 15 heavy (non-hydrogen) atoms. The first-order valence-electron chi connectivity index (χ1n) is 4.79. The number of benzene rings is 1. The van der Waals surface area contributed by atoms with Crippen molar-refractivity contribution >= 4 is 17.8 Å². The van der Waals surface area contributed by atoms with Gasteiger partial charge in [-0.15, -0.1) is 0 Å². The summed E-state index contributed by atoms with van der Waals surface area (Å²) in [6.07, 6.45) is 5.74. The van der Waals surface area contributed by atoms with Crippen LogP contribution in [0.3, 0.4) is 0 Å². The maximum absolute atomic E-state index is 5.68. The van der Waals surface area contributed by atoms with Crippen LogP contribution in [0, 0.1) is 0 Å². The van der Waals surface area contributed by atoms with Gasteiger partial charge in [-0.3, -0.25) is 4.98 Å². The van der Waals surface area contributed by atoms with E-state index in [-0.39, 0.29) is 0 Å². The second kappa shape index (κ2) is 4.42. The Bertz CT molecular complexity index is 461. The standard InChI is InChI=1S/C13H12N2/c14-12-5-3-4-11(10-12)7-8-13-6-1-2-9-15-13/h1-10H,14H2/b8-7-.